The van der Waals surface area contributed by atoms with Crippen molar-refractivity contribution in [3.05, 3.63) is 23.5 Å². The van der Waals surface area contributed by atoms with Crippen molar-refractivity contribution in [2.45, 2.75) is 19.4 Å². The first-order valence-electron chi connectivity index (χ1n) is 5.67. The number of halogens is 1. The summed E-state index contributed by atoms with van der Waals surface area (Å²) in [5.41, 5.74) is -0.962. The predicted molar refractivity (Wildman–Crippen MR) is 65.9 cm³/mol. The summed E-state index contributed by atoms with van der Waals surface area (Å²) < 4.78 is 23.8. The zero-order chi connectivity index (χ0) is 14.4. The highest BCUT2D eigenvalue weighted by Crippen LogP contribution is 2.38. The van der Waals surface area contributed by atoms with Gasteiger partial charge in [0.15, 0.2) is 5.60 Å². The molecule has 1 amide bonds. The summed E-state index contributed by atoms with van der Waals surface area (Å²) in [6.07, 6.45) is 0. The molecule has 5 nitrogen and oxygen atoms in total. The predicted octanol–water partition coefficient (Wildman–Crippen LogP) is 1.75. The first-order valence-corrected chi connectivity index (χ1v) is 5.67. The van der Waals surface area contributed by atoms with Gasteiger partial charge >= 0.3 is 5.97 Å². The Hall–Kier alpha value is -2.11. The summed E-state index contributed by atoms with van der Waals surface area (Å²) in [6, 6.07) is 2.34. The molecule has 6 heteroatoms. The number of methoxy groups -OCH3 is 1. The lowest BCUT2D eigenvalue weighted by molar-refractivity contribution is -0.132. The molecule has 0 saturated heterocycles. The molecule has 0 aromatic heterocycles. The quantitative estimate of drug-likeness (QED) is 0.727. The van der Waals surface area contributed by atoms with Crippen LogP contribution in [0.5, 0.6) is 5.75 Å². The minimum Gasteiger partial charge on any atom is -0.476 e. The van der Waals surface area contributed by atoms with Crippen molar-refractivity contribution in [1.82, 2.24) is 0 Å². The van der Waals surface area contributed by atoms with Gasteiger partial charge in [-0.3, -0.25) is 4.79 Å². The van der Waals surface area contributed by atoms with Crippen molar-refractivity contribution in [2.75, 3.05) is 19.1 Å². The lowest BCUT2D eigenvalue weighted by Gasteiger charge is -2.37. The number of nitrogens with zero attached hydrogens (tertiary/aromatic N) is 1. The Bertz CT molecular complexity index is 568. The van der Waals surface area contributed by atoms with Gasteiger partial charge in [0.2, 0.25) is 0 Å². The molecule has 0 N–H and O–H groups in total. The molecule has 0 aliphatic carbocycles. The smallest absolute Gasteiger partial charge is 0.340 e. The summed E-state index contributed by atoms with van der Waals surface area (Å²) in [5, 5.41) is 0. The number of ether oxygens (including phenoxy) is 2. The minimum absolute atomic E-state index is 0.220. The summed E-state index contributed by atoms with van der Waals surface area (Å²) in [7, 11) is 2.71. The minimum atomic E-state index is -1.07. The van der Waals surface area contributed by atoms with Crippen LogP contribution in [0.15, 0.2) is 12.1 Å². The molecular formula is C13H14FNO4. The molecule has 0 unspecified atom stereocenters. The molecule has 1 aliphatic heterocycles. The summed E-state index contributed by atoms with van der Waals surface area (Å²) in [4.78, 5) is 24.8. The van der Waals surface area contributed by atoms with Crippen LogP contribution in [0, 0.1) is 5.82 Å². The van der Waals surface area contributed by atoms with Gasteiger partial charge in [0.05, 0.1) is 18.4 Å². The third-order valence-corrected chi connectivity index (χ3v) is 3.00. The van der Waals surface area contributed by atoms with Gasteiger partial charge in [0.25, 0.3) is 5.91 Å². The van der Waals surface area contributed by atoms with Crippen molar-refractivity contribution >= 4 is 17.6 Å². The molecule has 1 heterocycles. The van der Waals surface area contributed by atoms with Crippen LogP contribution in [-0.2, 0) is 9.53 Å². The number of esters is 1. The Kier molecular flexibility index (Phi) is 2.96. The lowest BCUT2D eigenvalue weighted by atomic mass is 10.0. The average Bonchev–Trinajstić information content (AvgIpc) is 2.34. The van der Waals surface area contributed by atoms with Gasteiger partial charge in [-0.15, -0.1) is 0 Å². The van der Waals surface area contributed by atoms with Gasteiger partial charge in [-0.05, 0) is 19.9 Å². The van der Waals surface area contributed by atoms with Gasteiger partial charge in [0, 0.05) is 13.1 Å². The van der Waals surface area contributed by atoms with Crippen LogP contribution in [0.3, 0.4) is 0 Å². The highest BCUT2D eigenvalue weighted by atomic mass is 19.1. The third-order valence-electron chi connectivity index (χ3n) is 3.00. The van der Waals surface area contributed by atoms with Crippen LogP contribution in [0.1, 0.15) is 24.2 Å². The van der Waals surface area contributed by atoms with E-state index in [2.05, 4.69) is 4.74 Å². The fraction of sp³-hybridized carbons (Fsp3) is 0.385. The average molecular weight is 267 g/mol. The van der Waals surface area contributed by atoms with Gasteiger partial charge in [0.1, 0.15) is 11.6 Å². The molecule has 0 fully saturated rings. The summed E-state index contributed by atoms with van der Waals surface area (Å²) in [6.45, 7) is 3.20. The molecule has 0 bridgehead atoms. The van der Waals surface area contributed by atoms with E-state index in [9.17, 15) is 14.0 Å². The van der Waals surface area contributed by atoms with Gasteiger partial charge < -0.3 is 14.4 Å². The van der Waals surface area contributed by atoms with Crippen LogP contribution in [-0.4, -0.2) is 31.6 Å². The fourth-order valence-corrected chi connectivity index (χ4v) is 1.99. The molecule has 2 rings (SSSR count). The lowest BCUT2D eigenvalue weighted by Crippen LogP contribution is -2.51. The zero-order valence-corrected chi connectivity index (χ0v) is 11.1. The van der Waals surface area contributed by atoms with E-state index in [1.54, 1.807) is 20.9 Å². The van der Waals surface area contributed by atoms with Crippen molar-refractivity contribution < 1.29 is 23.5 Å². The second-order valence-electron chi connectivity index (χ2n) is 4.77. The molecule has 0 radical (unpaired) electrons. The largest absolute Gasteiger partial charge is 0.476 e. The van der Waals surface area contributed by atoms with Crippen LogP contribution < -0.4 is 9.64 Å². The molecule has 1 aromatic rings. The van der Waals surface area contributed by atoms with Crippen LogP contribution in [0.4, 0.5) is 10.1 Å². The Morgan fingerprint density at radius 3 is 2.63 bits per heavy atom. The van der Waals surface area contributed by atoms with E-state index in [0.717, 1.165) is 13.2 Å². The number of hydrogen-bond acceptors (Lipinski definition) is 4. The van der Waals surface area contributed by atoms with E-state index in [-0.39, 0.29) is 17.2 Å². The molecule has 19 heavy (non-hydrogen) atoms. The number of carbonyl (C=O) groups is 2. The molecule has 102 valence electrons. The summed E-state index contributed by atoms with van der Waals surface area (Å²) >= 11 is 0. The van der Waals surface area contributed by atoms with Crippen LogP contribution >= 0.6 is 0 Å². The van der Waals surface area contributed by atoms with Crippen molar-refractivity contribution in [3.8, 4) is 5.75 Å². The van der Waals surface area contributed by atoms with Crippen molar-refractivity contribution in [1.29, 1.82) is 0 Å². The van der Waals surface area contributed by atoms with Crippen LogP contribution in [0.25, 0.3) is 0 Å². The molecule has 1 aliphatic rings. The first kappa shape index (κ1) is 13.3. The number of anilines is 1. The van der Waals surface area contributed by atoms with E-state index in [1.807, 2.05) is 0 Å². The van der Waals surface area contributed by atoms with Crippen molar-refractivity contribution in [3.63, 3.8) is 0 Å². The standard InChI is InChI=1S/C13H14FNO4/c1-13(2)12(17)15(3)9-5-7(11(16)18-4)8(14)6-10(9)19-13/h5-6H,1-4H3. The van der Waals surface area contributed by atoms with Gasteiger partial charge in [-0.2, -0.15) is 0 Å². The Morgan fingerprint density at radius 2 is 2.05 bits per heavy atom. The van der Waals surface area contributed by atoms with Gasteiger partial charge in [-0.25, -0.2) is 9.18 Å². The fourth-order valence-electron chi connectivity index (χ4n) is 1.99. The molecule has 1 aromatic carbocycles. The SMILES string of the molecule is COC(=O)c1cc2c(cc1F)OC(C)(C)C(=O)N2C. The topological polar surface area (TPSA) is 55.8 Å². The van der Waals surface area contributed by atoms with Crippen molar-refractivity contribution in [2.24, 2.45) is 0 Å². The number of fused-ring (bicyclic) bond motifs is 1. The monoisotopic (exact) mass is 267 g/mol. The number of carbonyl (C=O) groups excluding carboxylic acids is 2. The summed E-state index contributed by atoms with van der Waals surface area (Å²) in [5.74, 6) is -1.60. The molecule has 0 saturated carbocycles. The Morgan fingerprint density at radius 1 is 1.42 bits per heavy atom. The molecule has 0 spiro atoms. The molecule has 0 atom stereocenters. The molecular weight excluding hydrogens is 253 g/mol. The van der Waals surface area contributed by atoms with E-state index in [0.29, 0.717) is 5.69 Å². The first-order chi connectivity index (χ1) is 8.77. The maximum Gasteiger partial charge on any atom is 0.340 e. The van der Waals surface area contributed by atoms with E-state index >= 15 is 0 Å². The van der Waals surface area contributed by atoms with Gasteiger partial charge in [-0.1, -0.05) is 0 Å². The number of amides is 1. The van der Waals surface area contributed by atoms with E-state index in [4.69, 9.17) is 4.74 Å². The number of hydrogen-bond donors (Lipinski definition) is 0. The highest BCUT2D eigenvalue weighted by Gasteiger charge is 2.40. The third kappa shape index (κ3) is 2.03. The second-order valence-corrected chi connectivity index (χ2v) is 4.77. The second kappa shape index (κ2) is 4.22. The number of likely N-dealkylation sites (N-methyl/N-ethyl adjacent to an activating group) is 1. The maximum atomic E-state index is 13.8. The van der Waals surface area contributed by atoms with E-state index < -0.39 is 17.4 Å². The Balaban J connectivity index is 2.58. The Labute approximate surface area is 109 Å². The maximum absolute atomic E-state index is 13.8. The number of benzene rings is 1. The zero-order valence-electron chi connectivity index (χ0n) is 11.1. The van der Waals surface area contributed by atoms with E-state index in [1.165, 1.54) is 11.0 Å². The number of rotatable bonds is 1. The highest BCUT2D eigenvalue weighted by molar-refractivity contribution is 6.03. The normalized spacial score (nSPS) is 16.7. The van der Waals surface area contributed by atoms with Crippen LogP contribution in [0.2, 0.25) is 0 Å².